The van der Waals surface area contributed by atoms with Crippen LogP contribution < -0.4 is 9.47 Å². The molecule has 1 amide bonds. The van der Waals surface area contributed by atoms with Crippen molar-refractivity contribution in [3.8, 4) is 17.6 Å². The van der Waals surface area contributed by atoms with Crippen LogP contribution in [0.25, 0.3) is 6.08 Å². The highest BCUT2D eigenvalue weighted by molar-refractivity contribution is 6.01. The number of ether oxygens (including phenoxy) is 3. The van der Waals surface area contributed by atoms with Gasteiger partial charge in [0.1, 0.15) is 11.6 Å². The number of benzene rings is 1. The number of rotatable bonds is 5. The van der Waals surface area contributed by atoms with Gasteiger partial charge in [0.2, 0.25) is 0 Å². The van der Waals surface area contributed by atoms with E-state index in [1.165, 1.54) is 25.6 Å². The number of carbonyl (C=O) groups excluding carboxylic acids is 2. The molecule has 0 aliphatic carbocycles. The maximum Gasteiger partial charge on any atom is 0.343 e. The molecule has 0 unspecified atom stereocenters. The molecule has 8 heteroatoms. The molecular weight excluding hydrogens is 374 g/mol. The minimum absolute atomic E-state index is 0.00971. The third-order valence-electron chi connectivity index (χ3n) is 4.27. The zero-order valence-electron chi connectivity index (χ0n) is 15.8. The van der Waals surface area contributed by atoms with Crippen molar-refractivity contribution in [3.63, 3.8) is 0 Å². The Bertz CT molecular complexity index is 960. The third kappa shape index (κ3) is 4.97. The van der Waals surface area contributed by atoms with Gasteiger partial charge in [-0.2, -0.15) is 5.26 Å². The Kier molecular flexibility index (Phi) is 6.55. The molecule has 8 nitrogen and oxygen atoms in total. The van der Waals surface area contributed by atoms with Gasteiger partial charge >= 0.3 is 5.97 Å². The van der Waals surface area contributed by atoms with E-state index < -0.39 is 5.97 Å². The maximum absolute atomic E-state index is 12.5. The minimum atomic E-state index is -0.547. The first-order chi connectivity index (χ1) is 14.1. The fourth-order valence-corrected chi connectivity index (χ4v) is 2.75. The van der Waals surface area contributed by atoms with Crippen LogP contribution in [0.1, 0.15) is 15.9 Å². The Hall–Kier alpha value is -3.70. The summed E-state index contributed by atoms with van der Waals surface area (Å²) in [5.74, 6) is -0.362. The quantitative estimate of drug-likeness (QED) is 0.332. The standard InChI is InChI=1S/C21H19N3O5/c1-27-19-13-15(12-17(14-22)20(25)24-8-10-28-11-9-24)2-3-18(19)29-21(26)16-4-6-23-7-5-16/h2-7,12-13H,8-11H2,1H3/b17-12+. The van der Waals surface area contributed by atoms with Crippen molar-refractivity contribution >= 4 is 18.0 Å². The number of aromatic nitrogens is 1. The summed E-state index contributed by atoms with van der Waals surface area (Å²) in [5.41, 5.74) is 0.938. The van der Waals surface area contributed by atoms with E-state index in [-0.39, 0.29) is 17.2 Å². The molecule has 0 bridgehead atoms. The van der Waals surface area contributed by atoms with E-state index in [2.05, 4.69) is 4.98 Å². The molecule has 0 saturated carbocycles. The van der Waals surface area contributed by atoms with E-state index in [1.54, 1.807) is 35.2 Å². The number of morpholine rings is 1. The summed E-state index contributed by atoms with van der Waals surface area (Å²) in [6.45, 7) is 1.81. The number of esters is 1. The van der Waals surface area contributed by atoms with Crippen LogP contribution in [0.2, 0.25) is 0 Å². The van der Waals surface area contributed by atoms with E-state index >= 15 is 0 Å². The molecule has 29 heavy (non-hydrogen) atoms. The molecule has 2 aromatic rings. The highest BCUT2D eigenvalue weighted by atomic mass is 16.6. The second kappa shape index (κ2) is 9.48. The molecule has 1 fully saturated rings. The fourth-order valence-electron chi connectivity index (χ4n) is 2.75. The van der Waals surface area contributed by atoms with Gasteiger partial charge in [0.15, 0.2) is 11.5 Å². The van der Waals surface area contributed by atoms with Gasteiger partial charge in [0.25, 0.3) is 5.91 Å². The smallest absolute Gasteiger partial charge is 0.343 e. The molecule has 1 aromatic carbocycles. The largest absolute Gasteiger partial charge is 0.493 e. The van der Waals surface area contributed by atoms with Gasteiger partial charge in [-0.25, -0.2) is 4.79 Å². The number of nitrogens with zero attached hydrogens (tertiary/aromatic N) is 3. The average Bonchev–Trinajstić information content (AvgIpc) is 2.78. The lowest BCUT2D eigenvalue weighted by Gasteiger charge is -2.26. The van der Waals surface area contributed by atoms with Crippen molar-refractivity contribution in [2.24, 2.45) is 0 Å². The predicted molar refractivity (Wildman–Crippen MR) is 103 cm³/mol. The summed E-state index contributed by atoms with van der Waals surface area (Å²) in [6.07, 6.45) is 4.47. The summed E-state index contributed by atoms with van der Waals surface area (Å²) in [4.78, 5) is 30.2. The molecule has 1 saturated heterocycles. The minimum Gasteiger partial charge on any atom is -0.493 e. The van der Waals surface area contributed by atoms with Gasteiger partial charge in [-0.05, 0) is 35.9 Å². The van der Waals surface area contributed by atoms with Crippen molar-refractivity contribution in [3.05, 3.63) is 59.4 Å². The van der Waals surface area contributed by atoms with E-state index in [0.29, 0.717) is 43.2 Å². The molecule has 148 valence electrons. The van der Waals surface area contributed by atoms with Crippen LogP contribution in [0, 0.1) is 11.3 Å². The topological polar surface area (TPSA) is 102 Å². The molecule has 1 aliphatic rings. The molecule has 0 radical (unpaired) electrons. The Balaban J connectivity index is 1.80. The zero-order valence-corrected chi connectivity index (χ0v) is 15.8. The molecule has 1 aromatic heterocycles. The number of hydrogen-bond donors (Lipinski definition) is 0. The van der Waals surface area contributed by atoms with Gasteiger partial charge < -0.3 is 19.1 Å². The zero-order chi connectivity index (χ0) is 20.6. The van der Waals surface area contributed by atoms with Crippen LogP contribution in [0.4, 0.5) is 0 Å². The molecule has 1 aliphatic heterocycles. The molecule has 3 rings (SSSR count). The van der Waals surface area contributed by atoms with E-state index in [1.807, 2.05) is 6.07 Å². The Morgan fingerprint density at radius 2 is 1.90 bits per heavy atom. The molecule has 0 spiro atoms. The lowest BCUT2D eigenvalue weighted by Crippen LogP contribution is -2.41. The van der Waals surface area contributed by atoms with Crippen LogP contribution in [0.15, 0.2) is 48.3 Å². The highest BCUT2D eigenvalue weighted by Crippen LogP contribution is 2.29. The first-order valence-corrected chi connectivity index (χ1v) is 8.91. The number of amides is 1. The Morgan fingerprint density at radius 1 is 1.17 bits per heavy atom. The SMILES string of the molecule is COc1cc(/C=C(\C#N)C(=O)N2CCOCC2)ccc1OC(=O)c1ccncc1. The van der Waals surface area contributed by atoms with Gasteiger partial charge in [-0.3, -0.25) is 9.78 Å². The van der Waals surface area contributed by atoms with Crippen LogP contribution in [0.3, 0.4) is 0 Å². The van der Waals surface area contributed by atoms with Crippen molar-refractivity contribution in [1.82, 2.24) is 9.88 Å². The first-order valence-electron chi connectivity index (χ1n) is 8.91. The fraction of sp³-hybridized carbons (Fsp3) is 0.238. The normalized spacial score (nSPS) is 14.1. The van der Waals surface area contributed by atoms with E-state index in [0.717, 1.165) is 0 Å². The van der Waals surface area contributed by atoms with Crippen molar-refractivity contribution in [2.75, 3.05) is 33.4 Å². The van der Waals surface area contributed by atoms with Crippen LogP contribution in [0.5, 0.6) is 11.5 Å². The van der Waals surface area contributed by atoms with E-state index in [4.69, 9.17) is 14.2 Å². The van der Waals surface area contributed by atoms with Crippen molar-refractivity contribution in [1.29, 1.82) is 5.26 Å². The molecular formula is C21H19N3O5. The van der Waals surface area contributed by atoms with Crippen molar-refractivity contribution in [2.45, 2.75) is 0 Å². The highest BCUT2D eigenvalue weighted by Gasteiger charge is 2.21. The second-order valence-corrected chi connectivity index (χ2v) is 6.11. The molecule has 2 heterocycles. The predicted octanol–water partition coefficient (Wildman–Crippen LogP) is 2.08. The van der Waals surface area contributed by atoms with Crippen molar-refractivity contribution < 1.29 is 23.8 Å². The maximum atomic E-state index is 12.5. The molecule has 0 atom stereocenters. The van der Waals surface area contributed by atoms with Gasteiger partial charge in [-0.1, -0.05) is 6.07 Å². The summed E-state index contributed by atoms with van der Waals surface area (Å²) in [7, 11) is 1.44. The summed E-state index contributed by atoms with van der Waals surface area (Å²) in [6, 6.07) is 9.83. The number of hydrogen-bond acceptors (Lipinski definition) is 7. The van der Waals surface area contributed by atoms with Gasteiger partial charge in [0.05, 0.1) is 25.9 Å². The lowest BCUT2D eigenvalue weighted by atomic mass is 10.1. The first kappa shape index (κ1) is 20.0. The van der Waals surface area contributed by atoms with Gasteiger partial charge in [0, 0.05) is 25.5 Å². The average molecular weight is 393 g/mol. The summed E-state index contributed by atoms with van der Waals surface area (Å²) in [5, 5.41) is 9.41. The molecule has 0 N–H and O–H groups in total. The second-order valence-electron chi connectivity index (χ2n) is 6.11. The number of nitriles is 1. The Morgan fingerprint density at radius 3 is 2.55 bits per heavy atom. The summed E-state index contributed by atoms with van der Waals surface area (Å²) < 4.78 is 15.9. The van der Waals surface area contributed by atoms with Gasteiger partial charge in [-0.15, -0.1) is 0 Å². The van der Waals surface area contributed by atoms with Crippen LogP contribution in [-0.2, 0) is 9.53 Å². The third-order valence-corrected chi connectivity index (χ3v) is 4.27. The lowest BCUT2D eigenvalue weighted by molar-refractivity contribution is -0.130. The summed E-state index contributed by atoms with van der Waals surface area (Å²) >= 11 is 0. The van der Waals surface area contributed by atoms with Crippen LogP contribution >= 0.6 is 0 Å². The number of methoxy groups -OCH3 is 1. The monoisotopic (exact) mass is 393 g/mol. The van der Waals surface area contributed by atoms with Crippen LogP contribution in [-0.4, -0.2) is 55.2 Å². The number of carbonyl (C=O) groups is 2. The Labute approximate surface area is 167 Å². The number of pyridine rings is 1. The van der Waals surface area contributed by atoms with E-state index in [9.17, 15) is 14.9 Å².